The molecule has 1 rings (SSSR count). The Kier molecular flexibility index (Phi) is 6.28. The van der Waals surface area contributed by atoms with E-state index in [1.54, 1.807) is 6.07 Å². The molecule has 1 amide bonds. The fourth-order valence-corrected chi connectivity index (χ4v) is 1.72. The van der Waals surface area contributed by atoms with Gasteiger partial charge in [-0.15, -0.1) is 0 Å². The Balaban J connectivity index is 2.79. The van der Waals surface area contributed by atoms with Crippen LogP contribution in [0.5, 0.6) is 0 Å². The molecule has 110 valence electrons. The molecule has 0 heterocycles. The number of hydrogen-bond acceptors (Lipinski definition) is 1. The van der Waals surface area contributed by atoms with Gasteiger partial charge in [-0.1, -0.05) is 50.1 Å². The zero-order valence-electron chi connectivity index (χ0n) is 11.3. The van der Waals surface area contributed by atoms with Gasteiger partial charge < -0.3 is 5.32 Å². The molecule has 0 aliphatic heterocycles. The minimum absolute atomic E-state index is 0.0105. The summed E-state index contributed by atoms with van der Waals surface area (Å²) in [5.74, 6) is -0.711. The van der Waals surface area contributed by atoms with Crippen molar-refractivity contribution in [3.05, 3.63) is 42.0 Å². The van der Waals surface area contributed by atoms with Crippen molar-refractivity contribution in [1.29, 1.82) is 0 Å². The topological polar surface area (TPSA) is 29.1 Å². The number of allylic oxidation sites excluding steroid dienone is 1. The Morgan fingerprint density at radius 1 is 1.20 bits per heavy atom. The molecule has 0 aromatic heterocycles. The van der Waals surface area contributed by atoms with Crippen LogP contribution in [-0.4, -0.2) is 18.6 Å². The first-order valence-corrected chi connectivity index (χ1v) is 6.57. The van der Waals surface area contributed by atoms with E-state index in [2.05, 4.69) is 5.32 Å². The molecule has 0 saturated heterocycles. The third-order valence-electron chi connectivity index (χ3n) is 2.75. The molecule has 0 radical (unpaired) electrons. The second-order valence-electron chi connectivity index (χ2n) is 4.42. The van der Waals surface area contributed by atoms with Gasteiger partial charge in [0.1, 0.15) is 0 Å². The summed E-state index contributed by atoms with van der Waals surface area (Å²) in [4.78, 5) is 11.5. The van der Waals surface area contributed by atoms with Gasteiger partial charge in [-0.25, -0.2) is 0 Å². The predicted molar refractivity (Wildman–Crippen MR) is 73.0 cm³/mol. The number of benzene rings is 1. The van der Waals surface area contributed by atoms with Crippen LogP contribution in [0.3, 0.4) is 0 Å². The lowest BCUT2D eigenvalue weighted by atomic mass is 10.1. The van der Waals surface area contributed by atoms with Crippen LogP contribution in [0, 0.1) is 0 Å². The van der Waals surface area contributed by atoms with Crippen LogP contribution in [0.15, 0.2) is 36.4 Å². The highest BCUT2D eigenvalue weighted by Crippen LogP contribution is 2.33. The average Bonchev–Trinajstić information content (AvgIpc) is 2.41. The van der Waals surface area contributed by atoms with Crippen molar-refractivity contribution in [2.24, 2.45) is 0 Å². The number of unbranched alkanes of at least 4 members (excludes halogenated alkanes) is 2. The first-order valence-electron chi connectivity index (χ1n) is 6.57. The van der Waals surface area contributed by atoms with Gasteiger partial charge >= 0.3 is 6.18 Å². The standard InChI is InChI=1S/C15H18F3NO/c1-2-3-7-10-19-14(20)11-13(15(16,17)18)12-8-5-4-6-9-12/h4-6,8-9,11H,2-3,7,10H2,1H3,(H,19,20)/b13-11-. The summed E-state index contributed by atoms with van der Waals surface area (Å²) >= 11 is 0. The normalized spacial score (nSPS) is 12.3. The molecular formula is C15H18F3NO. The van der Waals surface area contributed by atoms with E-state index in [4.69, 9.17) is 0 Å². The number of nitrogens with one attached hydrogen (secondary N) is 1. The largest absolute Gasteiger partial charge is 0.417 e. The molecule has 0 aliphatic carbocycles. The first kappa shape index (κ1) is 16.3. The molecule has 0 bridgehead atoms. The number of hydrogen-bond donors (Lipinski definition) is 1. The van der Waals surface area contributed by atoms with E-state index in [1.807, 2.05) is 6.92 Å². The summed E-state index contributed by atoms with van der Waals surface area (Å²) < 4.78 is 38.9. The zero-order chi connectivity index (χ0) is 15.0. The minimum Gasteiger partial charge on any atom is -0.353 e. The van der Waals surface area contributed by atoms with E-state index < -0.39 is 17.7 Å². The van der Waals surface area contributed by atoms with Crippen molar-refractivity contribution in [3.63, 3.8) is 0 Å². The van der Waals surface area contributed by atoms with E-state index in [9.17, 15) is 18.0 Å². The van der Waals surface area contributed by atoms with Gasteiger partial charge in [0.25, 0.3) is 0 Å². The first-order chi connectivity index (χ1) is 9.45. The second-order valence-corrected chi connectivity index (χ2v) is 4.42. The Bertz CT molecular complexity index is 452. The average molecular weight is 285 g/mol. The molecule has 1 aromatic rings. The Morgan fingerprint density at radius 3 is 2.40 bits per heavy atom. The Morgan fingerprint density at radius 2 is 1.85 bits per heavy atom. The number of amides is 1. The highest BCUT2D eigenvalue weighted by Gasteiger charge is 2.35. The van der Waals surface area contributed by atoms with Crippen LogP contribution < -0.4 is 5.32 Å². The van der Waals surface area contributed by atoms with Gasteiger partial charge in [0.05, 0.1) is 5.57 Å². The highest BCUT2D eigenvalue weighted by atomic mass is 19.4. The van der Waals surface area contributed by atoms with Crippen molar-refractivity contribution in [2.75, 3.05) is 6.54 Å². The van der Waals surface area contributed by atoms with Crippen molar-refractivity contribution in [1.82, 2.24) is 5.32 Å². The van der Waals surface area contributed by atoms with E-state index >= 15 is 0 Å². The van der Waals surface area contributed by atoms with E-state index in [-0.39, 0.29) is 5.56 Å². The summed E-state index contributed by atoms with van der Waals surface area (Å²) in [7, 11) is 0. The molecule has 1 N–H and O–H groups in total. The zero-order valence-corrected chi connectivity index (χ0v) is 11.3. The number of halogens is 3. The van der Waals surface area contributed by atoms with Crippen LogP contribution in [0.2, 0.25) is 0 Å². The van der Waals surface area contributed by atoms with Gasteiger partial charge in [0, 0.05) is 12.6 Å². The second kappa shape index (κ2) is 7.72. The Hall–Kier alpha value is -1.78. The SMILES string of the molecule is CCCCCNC(=O)/C=C(/c1ccccc1)C(F)(F)F. The summed E-state index contributed by atoms with van der Waals surface area (Å²) in [6.45, 7) is 2.40. The maximum absolute atomic E-state index is 13.0. The van der Waals surface area contributed by atoms with E-state index in [0.29, 0.717) is 12.6 Å². The lowest BCUT2D eigenvalue weighted by molar-refractivity contribution is -0.117. The van der Waals surface area contributed by atoms with Crippen LogP contribution in [0.4, 0.5) is 13.2 Å². The molecule has 20 heavy (non-hydrogen) atoms. The number of rotatable bonds is 6. The molecule has 2 nitrogen and oxygen atoms in total. The molecule has 0 aliphatic rings. The van der Waals surface area contributed by atoms with Gasteiger partial charge in [0.2, 0.25) is 5.91 Å². The molecule has 5 heteroatoms. The van der Waals surface area contributed by atoms with Crippen LogP contribution in [0.25, 0.3) is 5.57 Å². The third-order valence-corrected chi connectivity index (χ3v) is 2.75. The maximum Gasteiger partial charge on any atom is 0.417 e. The predicted octanol–water partition coefficient (Wildman–Crippen LogP) is 3.94. The number of carbonyl (C=O) groups is 1. The summed E-state index contributed by atoms with van der Waals surface area (Å²) in [5.41, 5.74) is -0.935. The molecule has 0 saturated carbocycles. The molecule has 0 atom stereocenters. The Labute approximate surface area is 116 Å². The van der Waals surface area contributed by atoms with Gasteiger partial charge in [-0.2, -0.15) is 13.2 Å². The minimum atomic E-state index is -4.55. The highest BCUT2D eigenvalue weighted by molar-refractivity contribution is 5.96. The monoisotopic (exact) mass is 285 g/mol. The number of carbonyl (C=O) groups excluding carboxylic acids is 1. The summed E-state index contributed by atoms with van der Waals surface area (Å²) in [5, 5.41) is 2.47. The fraction of sp³-hybridized carbons (Fsp3) is 0.400. The van der Waals surface area contributed by atoms with Gasteiger partial charge in [-0.05, 0) is 12.0 Å². The van der Waals surface area contributed by atoms with Crippen molar-refractivity contribution in [2.45, 2.75) is 32.4 Å². The van der Waals surface area contributed by atoms with E-state index in [0.717, 1.165) is 19.3 Å². The molecular weight excluding hydrogens is 267 g/mol. The van der Waals surface area contributed by atoms with Crippen molar-refractivity contribution < 1.29 is 18.0 Å². The van der Waals surface area contributed by atoms with Crippen LogP contribution in [-0.2, 0) is 4.79 Å². The lowest BCUT2D eigenvalue weighted by Gasteiger charge is -2.12. The molecule has 1 aromatic carbocycles. The van der Waals surface area contributed by atoms with Crippen LogP contribution >= 0.6 is 0 Å². The molecule has 0 fully saturated rings. The third kappa shape index (κ3) is 5.47. The molecule has 0 unspecified atom stereocenters. The van der Waals surface area contributed by atoms with Crippen LogP contribution in [0.1, 0.15) is 31.7 Å². The summed E-state index contributed by atoms with van der Waals surface area (Å²) in [6, 6.07) is 7.32. The summed E-state index contributed by atoms with van der Waals surface area (Å²) in [6.07, 6.45) is -1.23. The van der Waals surface area contributed by atoms with Crippen molar-refractivity contribution in [3.8, 4) is 0 Å². The van der Waals surface area contributed by atoms with Gasteiger partial charge in [-0.3, -0.25) is 4.79 Å². The van der Waals surface area contributed by atoms with Crippen molar-refractivity contribution >= 4 is 11.5 Å². The lowest BCUT2D eigenvalue weighted by Crippen LogP contribution is -2.24. The quantitative estimate of drug-likeness (QED) is 0.622. The smallest absolute Gasteiger partial charge is 0.353 e. The fourth-order valence-electron chi connectivity index (χ4n) is 1.72. The number of alkyl halides is 3. The maximum atomic E-state index is 13.0. The van der Waals surface area contributed by atoms with E-state index in [1.165, 1.54) is 24.3 Å². The molecule has 0 spiro atoms. The van der Waals surface area contributed by atoms with Gasteiger partial charge in [0.15, 0.2) is 0 Å².